The summed E-state index contributed by atoms with van der Waals surface area (Å²) >= 11 is 5.59. The highest BCUT2D eigenvalue weighted by molar-refractivity contribution is 7.85. The Hall–Kier alpha value is -1.26. The van der Waals surface area contributed by atoms with E-state index in [1.165, 1.54) is 12.4 Å². The molecule has 0 saturated heterocycles. The van der Waals surface area contributed by atoms with E-state index in [-0.39, 0.29) is 0 Å². The number of benzene rings is 1. The van der Waals surface area contributed by atoms with Gasteiger partial charge >= 0.3 is 0 Å². The monoisotopic (exact) mass is 238 g/mol. The molecule has 0 fully saturated rings. The number of hydrogen-bond acceptors (Lipinski definition) is 3. The normalized spacial score (nSPS) is 12.3. The van der Waals surface area contributed by atoms with Gasteiger partial charge in [0, 0.05) is 4.90 Å². The fourth-order valence-electron chi connectivity index (χ4n) is 1.06. The molecule has 0 radical (unpaired) electrons. The second-order valence-electron chi connectivity index (χ2n) is 2.76. The standard InChI is InChI=1S/C10H7ClN2OS/c11-9-6-13-10(7-12-9)15(14)8-4-2-1-3-5-8/h1-7H. The molecule has 1 unspecified atom stereocenters. The van der Waals surface area contributed by atoms with Crippen LogP contribution in [0.2, 0.25) is 5.15 Å². The van der Waals surface area contributed by atoms with Gasteiger partial charge in [-0.05, 0) is 12.1 Å². The molecule has 1 aromatic heterocycles. The van der Waals surface area contributed by atoms with Crippen LogP contribution in [-0.4, -0.2) is 14.2 Å². The molecule has 0 spiro atoms. The molecule has 0 amide bonds. The van der Waals surface area contributed by atoms with Crippen molar-refractivity contribution >= 4 is 22.4 Å². The molecule has 2 aromatic rings. The van der Waals surface area contributed by atoms with E-state index in [2.05, 4.69) is 9.97 Å². The fourth-order valence-corrected chi connectivity index (χ4v) is 2.10. The second kappa shape index (κ2) is 4.51. The summed E-state index contributed by atoms with van der Waals surface area (Å²) < 4.78 is 11.9. The lowest BCUT2D eigenvalue weighted by Gasteiger charge is -1.99. The van der Waals surface area contributed by atoms with E-state index >= 15 is 0 Å². The summed E-state index contributed by atoms with van der Waals surface area (Å²) in [6.07, 6.45) is 2.81. The van der Waals surface area contributed by atoms with Crippen molar-refractivity contribution in [3.8, 4) is 0 Å². The largest absolute Gasteiger partial charge is 0.247 e. The van der Waals surface area contributed by atoms with Gasteiger partial charge in [0.1, 0.15) is 16.0 Å². The van der Waals surface area contributed by atoms with Crippen molar-refractivity contribution in [3.05, 3.63) is 47.9 Å². The van der Waals surface area contributed by atoms with Crippen molar-refractivity contribution in [2.45, 2.75) is 9.92 Å². The Kier molecular flexibility index (Phi) is 3.08. The van der Waals surface area contributed by atoms with Crippen LogP contribution in [0.25, 0.3) is 0 Å². The zero-order chi connectivity index (χ0) is 10.7. The Morgan fingerprint density at radius 2 is 1.80 bits per heavy atom. The van der Waals surface area contributed by atoms with Gasteiger partial charge in [0.05, 0.1) is 12.4 Å². The molecule has 76 valence electrons. The summed E-state index contributed by atoms with van der Waals surface area (Å²) in [5.74, 6) is 0. The van der Waals surface area contributed by atoms with E-state index in [1.54, 1.807) is 12.1 Å². The lowest BCUT2D eigenvalue weighted by Crippen LogP contribution is -1.96. The van der Waals surface area contributed by atoms with Crippen molar-refractivity contribution in [2.24, 2.45) is 0 Å². The third-order valence-electron chi connectivity index (χ3n) is 1.74. The minimum atomic E-state index is -1.29. The highest BCUT2D eigenvalue weighted by Crippen LogP contribution is 2.13. The highest BCUT2D eigenvalue weighted by Gasteiger charge is 2.07. The summed E-state index contributed by atoms with van der Waals surface area (Å²) in [4.78, 5) is 8.50. The molecule has 0 aliphatic carbocycles. The molecule has 1 atom stereocenters. The van der Waals surface area contributed by atoms with Gasteiger partial charge in [0.25, 0.3) is 0 Å². The SMILES string of the molecule is O=S(c1ccccc1)c1cnc(Cl)cn1. The molecule has 0 aliphatic rings. The summed E-state index contributed by atoms with van der Waals surface area (Å²) in [7, 11) is -1.29. The first-order chi connectivity index (χ1) is 7.27. The molecular formula is C10H7ClN2OS. The van der Waals surface area contributed by atoms with Gasteiger partial charge < -0.3 is 0 Å². The van der Waals surface area contributed by atoms with Crippen LogP contribution in [0.3, 0.4) is 0 Å². The van der Waals surface area contributed by atoms with Crippen molar-refractivity contribution in [2.75, 3.05) is 0 Å². The molecule has 0 aliphatic heterocycles. The van der Waals surface area contributed by atoms with Gasteiger partial charge in [0.15, 0.2) is 5.03 Å². The van der Waals surface area contributed by atoms with Crippen LogP contribution in [0.15, 0.2) is 52.6 Å². The molecule has 15 heavy (non-hydrogen) atoms. The maximum absolute atomic E-state index is 11.9. The van der Waals surface area contributed by atoms with Gasteiger partial charge in [-0.15, -0.1) is 0 Å². The highest BCUT2D eigenvalue weighted by atomic mass is 35.5. The molecule has 0 saturated carbocycles. The number of nitrogens with zero attached hydrogens (tertiary/aromatic N) is 2. The first kappa shape index (κ1) is 10.3. The van der Waals surface area contributed by atoms with E-state index in [0.29, 0.717) is 15.1 Å². The fraction of sp³-hybridized carbons (Fsp3) is 0. The van der Waals surface area contributed by atoms with Crippen LogP contribution >= 0.6 is 11.6 Å². The van der Waals surface area contributed by atoms with E-state index in [0.717, 1.165) is 0 Å². The van der Waals surface area contributed by atoms with Crippen LogP contribution in [-0.2, 0) is 10.8 Å². The maximum Gasteiger partial charge on any atom is 0.150 e. The quantitative estimate of drug-likeness (QED) is 0.806. The van der Waals surface area contributed by atoms with Gasteiger partial charge in [-0.1, -0.05) is 29.8 Å². The van der Waals surface area contributed by atoms with Crippen molar-refractivity contribution in [3.63, 3.8) is 0 Å². The molecule has 5 heteroatoms. The predicted octanol–water partition coefficient (Wildman–Crippen LogP) is 2.30. The van der Waals surface area contributed by atoms with Crippen LogP contribution in [0, 0.1) is 0 Å². The van der Waals surface area contributed by atoms with Crippen molar-refractivity contribution in [1.82, 2.24) is 9.97 Å². The van der Waals surface area contributed by atoms with Crippen LogP contribution in [0.1, 0.15) is 0 Å². The summed E-state index contributed by atoms with van der Waals surface area (Å²) in [5.41, 5.74) is 0. The number of rotatable bonds is 2. The molecular weight excluding hydrogens is 232 g/mol. The molecule has 2 rings (SSSR count). The van der Waals surface area contributed by atoms with Crippen LogP contribution in [0.4, 0.5) is 0 Å². The lowest BCUT2D eigenvalue weighted by molar-refractivity contribution is 0.679. The van der Waals surface area contributed by atoms with E-state index in [1.807, 2.05) is 18.2 Å². The van der Waals surface area contributed by atoms with Gasteiger partial charge in [-0.25, -0.2) is 14.2 Å². The van der Waals surface area contributed by atoms with Crippen molar-refractivity contribution < 1.29 is 4.21 Å². The van der Waals surface area contributed by atoms with Gasteiger partial charge in [-0.2, -0.15) is 0 Å². The summed E-state index contributed by atoms with van der Waals surface area (Å²) in [6.45, 7) is 0. The Bertz CT molecular complexity index is 473. The van der Waals surface area contributed by atoms with Gasteiger partial charge in [0.2, 0.25) is 0 Å². The third kappa shape index (κ3) is 2.40. The second-order valence-corrected chi connectivity index (χ2v) is 4.57. The Labute approximate surface area is 94.6 Å². The molecule has 1 aromatic carbocycles. The Morgan fingerprint density at radius 1 is 1.07 bits per heavy atom. The number of halogens is 1. The first-order valence-electron chi connectivity index (χ1n) is 4.22. The van der Waals surface area contributed by atoms with E-state index < -0.39 is 10.8 Å². The van der Waals surface area contributed by atoms with E-state index in [4.69, 9.17) is 11.6 Å². The average Bonchev–Trinajstić information content (AvgIpc) is 2.30. The third-order valence-corrected chi connectivity index (χ3v) is 3.23. The van der Waals surface area contributed by atoms with Crippen LogP contribution in [0.5, 0.6) is 0 Å². The van der Waals surface area contributed by atoms with Crippen LogP contribution < -0.4 is 0 Å². The number of hydrogen-bond donors (Lipinski definition) is 0. The molecule has 0 bridgehead atoms. The molecule has 0 N–H and O–H groups in total. The minimum Gasteiger partial charge on any atom is -0.247 e. The maximum atomic E-state index is 11.9. The zero-order valence-electron chi connectivity index (χ0n) is 7.63. The first-order valence-corrected chi connectivity index (χ1v) is 5.74. The van der Waals surface area contributed by atoms with Gasteiger partial charge in [-0.3, -0.25) is 0 Å². The minimum absolute atomic E-state index is 0.295. The topological polar surface area (TPSA) is 42.9 Å². The summed E-state index contributed by atoms with van der Waals surface area (Å²) in [5, 5.41) is 0.703. The predicted molar refractivity (Wildman–Crippen MR) is 58.2 cm³/mol. The smallest absolute Gasteiger partial charge is 0.150 e. The molecule has 3 nitrogen and oxygen atoms in total. The Morgan fingerprint density at radius 3 is 2.40 bits per heavy atom. The zero-order valence-corrected chi connectivity index (χ0v) is 9.20. The van der Waals surface area contributed by atoms with Crippen molar-refractivity contribution in [1.29, 1.82) is 0 Å². The summed E-state index contributed by atoms with van der Waals surface area (Å²) in [6, 6.07) is 9.10. The molecule has 1 heterocycles. The van der Waals surface area contributed by atoms with E-state index in [9.17, 15) is 4.21 Å². The average molecular weight is 239 g/mol. The lowest BCUT2D eigenvalue weighted by atomic mass is 10.4. The number of aromatic nitrogens is 2. The Balaban J connectivity index is 2.33.